The van der Waals surface area contributed by atoms with Crippen molar-refractivity contribution in [1.29, 1.82) is 5.26 Å². The molecule has 0 bridgehead atoms. The number of carboxylic acids is 1. The van der Waals surface area contributed by atoms with Crippen LogP contribution in [0.3, 0.4) is 0 Å². The predicted molar refractivity (Wildman–Crippen MR) is 101 cm³/mol. The number of nitrogens with one attached hydrogen (secondary N) is 1. The lowest BCUT2D eigenvalue weighted by molar-refractivity contribution is -0.137. The minimum Gasteiger partial charge on any atom is -0.480 e. The quantitative estimate of drug-likeness (QED) is 0.792. The van der Waals surface area contributed by atoms with Crippen molar-refractivity contribution in [2.24, 2.45) is 5.92 Å². The van der Waals surface area contributed by atoms with Crippen LogP contribution in [0.4, 0.5) is 11.4 Å². The van der Waals surface area contributed by atoms with Crippen LogP contribution in [0.15, 0.2) is 41.6 Å². The van der Waals surface area contributed by atoms with E-state index in [1.807, 2.05) is 18.2 Å². The number of nitrogens with zero attached hydrogens (tertiary/aromatic N) is 4. The maximum atomic E-state index is 12.8. The zero-order valence-electron chi connectivity index (χ0n) is 15.0. The first-order valence-electron chi connectivity index (χ1n) is 8.80. The highest BCUT2D eigenvalue weighted by atomic mass is 16.4. The molecule has 28 heavy (non-hydrogen) atoms. The van der Waals surface area contributed by atoms with Gasteiger partial charge in [0.1, 0.15) is 12.6 Å². The molecule has 0 aliphatic carbocycles. The summed E-state index contributed by atoms with van der Waals surface area (Å²) in [4.78, 5) is 41.7. The number of hydrogen-bond acceptors (Lipinski definition) is 6. The van der Waals surface area contributed by atoms with Gasteiger partial charge < -0.3 is 19.9 Å². The molecule has 0 aromatic carbocycles. The Morgan fingerprint density at radius 3 is 2.93 bits per heavy atom. The summed E-state index contributed by atoms with van der Waals surface area (Å²) in [6.45, 7) is 0.780. The number of anilines is 2. The van der Waals surface area contributed by atoms with Gasteiger partial charge in [-0.1, -0.05) is 0 Å². The molecule has 3 rings (SSSR count). The molecular weight excluding hydrogens is 362 g/mol. The fourth-order valence-electron chi connectivity index (χ4n) is 3.24. The smallest absolute Gasteiger partial charge is 0.323 e. The van der Waals surface area contributed by atoms with Gasteiger partial charge in [0.15, 0.2) is 0 Å². The Balaban J connectivity index is 1.77. The van der Waals surface area contributed by atoms with Crippen LogP contribution in [-0.4, -0.2) is 39.6 Å². The summed E-state index contributed by atoms with van der Waals surface area (Å²) >= 11 is 0. The standard InChI is InChI=1S/C19H19N5O4/c20-8-14-7-17(25)24(12-18(26)27)11-16(14)22-19(28)13-3-2-6-23(10-13)15-4-1-5-21-9-15/h1,4-5,7,9,11,13H,2-3,6,10,12H2,(H,22,28)(H,26,27)/t13-/m0/s1. The Bertz CT molecular complexity index is 980. The van der Waals surface area contributed by atoms with E-state index in [1.54, 1.807) is 12.4 Å². The zero-order valence-corrected chi connectivity index (χ0v) is 15.0. The lowest BCUT2D eigenvalue weighted by Crippen LogP contribution is -2.41. The first-order chi connectivity index (χ1) is 13.5. The number of amides is 1. The Kier molecular flexibility index (Phi) is 5.69. The Labute approximate surface area is 160 Å². The van der Waals surface area contributed by atoms with Crippen molar-refractivity contribution < 1.29 is 14.7 Å². The summed E-state index contributed by atoms with van der Waals surface area (Å²) in [6, 6.07) is 6.67. The lowest BCUT2D eigenvalue weighted by atomic mass is 9.96. The average molecular weight is 381 g/mol. The highest BCUT2D eigenvalue weighted by Crippen LogP contribution is 2.24. The van der Waals surface area contributed by atoms with E-state index in [1.165, 1.54) is 6.20 Å². The molecule has 9 heteroatoms. The minimum atomic E-state index is -1.19. The highest BCUT2D eigenvalue weighted by Gasteiger charge is 2.27. The van der Waals surface area contributed by atoms with E-state index in [9.17, 15) is 19.6 Å². The van der Waals surface area contributed by atoms with Crippen molar-refractivity contribution in [2.75, 3.05) is 23.3 Å². The molecule has 0 radical (unpaired) electrons. The predicted octanol–water partition coefficient (Wildman–Crippen LogP) is 1.05. The van der Waals surface area contributed by atoms with Gasteiger partial charge in [-0.25, -0.2) is 0 Å². The van der Waals surface area contributed by atoms with Crippen molar-refractivity contribution in [3.8, 4) is 6.07 Å². The van der Waals surface area contributed by atoms with Gasteiger partial charge in [0.25, 0.3) is 5.56 Å². The number of nitriles is 1. The Hall–Kier alpha value is -3.67. The number of pyridine rings is 2. The molecule has 1 amide bonds. The summed E-state index contributed by atoms with van der Waals surface area (Å²) in [5, 5.41) is 20.8. The monoisotopic (exact) mass is 381 g/mol. The van der Waals surface area contributed by atoms with Crippen molar-refractivity contribution >= 4 is 23.3 Å². The number of aromatic nitrogens is 2. The molecule has 1 saturated heterocycles. The Morgan fingerprint density at radius 1 is 1.43 bits per heavy atom. The van der Waals surface area contributed by atoms with Crippen LogP contribution in [0.1, 0.15) is 18.4 Å². The van der Waals surface area contributed by atoms with E-state index in [2.05, 4.69) is 15.2 Å². The van der Waals surface area contributed by atoms with Crippen LogP contribution in [0.25, 0.3) is 0 Å². The third-order valence-electron chi connectivity index (χ3n) is 4.61. The summed E-state index contributed by atoms with van der Waals surface area (Å²) in [5.41, 5.74) is 0.455. The Morgan fingerprint density at radius 2 is 2.25 bits per heavy atom. The fraction of sp³-hybridized carbons (Fsp3) is 0.316. The molecule has 9 nitrogen and oxygen atoms in total. The first-order valence-corrected chi connectivity index (χ1v) is 8.80. The maximum Gasteiger partial charge on any atom is 0.323 e. The molecule has 144 valence electrons. The van der Waals surface area contributed by atoms with Gasteiger partial charge >= 0.3 is 5.97 Å². The second-order valence-electron chi connectivity index (χ2n) is 6.56. The molecular formula is C19H19N5O4. The summed E-state index contributed by atoms with van der Waals surface area (Å²) in [7, 11) is 0. The third-order valence-corrected chi connectivity index (χ3v) is 4.61. The van der Waals surface area contributed by atoms with Gasteiger partial charge in [0.2, 0.25) is 5.91 Å². The van der Waals surface area contributed by atoms with Gasteiger partial charge in [0, 0.05) is 31.5 Å². The molecule has 2 aromatic rings. The molecule has 2 aromatic heterocycles. The summed E-state index contributed by atoms with van der Waals surface area (Å²) < 4.78 is 0.946. The van der Waals surface area contributed by atoms with Crippen LogP contribution >= 0.6 is 0 Å². The molecule has 0 spiro atoms. The van der Waals surface area contributed by atoms with Crippen LogP contribution in [0.5, 0.6) is 0 Å². The topological polar surface area (TPSA) is 128 Å². The van der Waals surface area contributed by atoms with E-state index < -0.39 is 18.1 Å². The minimum absolute atomic E-state index is 0.0000799. The van der Waals surface area contributed by atoms with Gasteiger partial charge in [-0.2, -0.15) is 5.26 Å². The number of piperidine rings is 1. The molecule has 1 aliphatic heterocycles. The number of carbonyl (C=O) groups excluding carboxylic acids is 1. The van der Waals surface area contributed by atoms with Crippen LogP contribution in [0, 0.1) is 17.2 Å². The molecule has 1 atom stereocenters. The van der Waals surface area contributed by atoms with Crippen LogP contribution < -0.4 is 15.8 Å². The molecule has 3 heterocycles. The number of rotatable bonds is 5. The van der Waals surface area contributed by atoms with Gasteiger partial charge in [-0.15, -0.1) is 0 Å². The second kappa shape index (κ2) is 8.35. The number of hydrogen-bond donors (Lipinski definition) is 2. The third kappa shape index (κ3) is 4.35. The number of aliphatic carboxylic acids is 1. The van der Waals surface area contributed by atoms with Gasteiger partial charge in [0.05, 0.1) is 29.1 Å². The van der Waals surface area contributed by atoms with Crippen LogP contribution in [0.2, 0.25) is 0 Å². The largest absolute Gasteiger partial charge is 0.480 e. The molecule has 1 aliphatic rings. The number of carbonyl (C=O) groups is 2. The summed E-state index contributed by atoms with van der Waals surface area (Å²) in [6.07, 6.45) is 6.16. The van der Waals surface area contributed by atoms with Crippen molar-refractivity contribution in [1.82, 2.24) is 9.55 Å². The van der Waals surface area contributed by atoms with E-state index in [0.717, 1.165) is 29.3 Å². The number of carboxylic acid groups (broad SMARTS) is 1. The average Bonchev–Trinajstić information content (AvgIpc) is 2.70. The van der Waals surface area contributed by atoms with E-state index in [0.29, 0.717) is 13.0 Å². The lowest BCUT2D eigenvalue weighted by Gasteiger charge is -2.33. The molecule has 2 N–H and O–H groups in total. The second-order valence-corrected chi connectivity index (χ2v) is 6.56. The van der Waals surface area contributed by atoms with E-state index in [4.69, 9.17) is 5.11 Å². The fourth-order valence-corrected chi connectivity index (χ4v) is 3.24. The molecule has 1 fully saturated rings. The van der Waals surface area contributed by atoms with Crippen molar-refractivity contribution in [2.45, 2.75) is 19.4 Å². The normalized spacial score (nSPS) is 16.2. The maximum absolute atomic E-state index is 12.8. The molecule has 0 unspecified atom stereocenters. The van der Waals surface area contributed by atoms with Gasteiger partial charge in [-0.05, 0) is 25.0 Å². The van der Waals surface area contributed by atoms with Crippen molar-refractivity contribution in [3.05, 3.63) is 52.7 Å². The van der Waals surface area contributed by atoms with Crippen molar-refractivity contribution in [3.63, 3.8) is 0 Å². The van der Waals surface area contributed by atoms with E-state index >= 15 is 0 Å². The van der Waals surface area contributed by atoms with E-state index in [-0.39, 0.29) is 23.1 Å². The SMILES string of the molecule is N#Cc1cc(=O)n(CC(=O)O)cc1NC(=O)[C@H]1CCCN(c2cccnc2)C1. The van der Waals surface area contributed by atoms with Crippen LogP contribution in [-0.2, 0) is 16.1 Å². The highest BCUT2D eigenvalue weighted by molar-refractivity contribution is 5.94. The van der Waals surface area contributed by atoms with Gasteiger partial charge in [-0.3, -0.25) is 19.4 Å². The summed E-state index contributed by atoms with van der Waals surface area (Å²) in [5.74, 6) is -1.77. The molecule has 0 saturated carbocycles. The zero-order chi connectivity index (χ0) is 20.1. The first kappa shape index (κ1) is 19.1.